The van der Waals surface area contributed by atoms with Gasteiger partial charge in [0, 0.05) is 31.9 Å². The van der Waals surface area contributed by atoms with Crippen molar-refractivity contribution in [2.45, 2.75) is 19.9 Å². The smallest absolute Gasteiger partial charge is 0.171 e. The fourth-order valence-electron chi connectivity index (χ4n) is 2.01. The number of piperazine rings is 1. The van der Waals surface area contributed by atoms with E-state index in [-0.39, 0.29) is 0 Å². The van der Waals surface area contributed by atoms with Gasteiger partial charge in [-0.3, -0.25) is 0 Å². The number of pyridine rings is 1. The first-order chi connectivity index (χ1) is 7.81. The van der Waals surface area contributed by atoms with E-state index in [2.05, 4.69) is 22.1 Å². The molecule has 2 heterocycles. The van der Waals surface area contributed by atoms with Crippen LogP contribution in [0.3, 0.4) is 0 Å². The molecule has 1 atom stereocenters. The van der Waals surface area contributed by atoms with E-state index >= 15 is 0 Å². The summed E-state index contributed by atoms with van der Waals surface area (Å²) in [5, 5.41) is 3.42. The molecule has 1 aliphatic heterocycles. The molecule has 1 saturated heterocycles. The van der Waals surface area contributed by atoms with Gasteiger partial charge in [0.2, 0.25) is 0 Å². The van der Waals surface area contributed by atoms with Gasteiger partial charge < -0.3 is 15.0 Å². The first kappa shape index (κ1) is 11.2. The molecule has 1 fully saturated rings. The molecule has 0 saturated carbocycles. The van der Waals surface area contributed by atoms with Crippen molar-refractivity contribution in [3.8, 4) is 5.75 Å². The second kappa shape index (κ2) is 5.16. The number of nitrogens with zero attached hydrogens (tertiary/aromatic N) is 2. The summed E-state index contributed by atoms with van der Waals surface area (Å²) in [7, 11) is 0. The van der Waals surface area contributed by atoms with E-state index in [1.165, 1.54) is 0 Å². The Hall–Kier alpha value is -1.29. The Morgan fingerprint density at radius 3 is 3.25 bits per heavy atom. The summed E-state index contributed by atoms with van der Waals surface area (Å²) in [6.45, 7) is 7.84. The molecule has 4 nitrogen and oxygen atoms in total. The molecule has 88 valence electrons. The maximum Gasteiger partial charge on any atom is 0.171 e. The van der Waals surface area contributed by atoms with E-state index in [1.807, 2.05) is 25.3 Å². The molecule has 4 heteroatoms. The maximum absolute atomic E-state index is 5.60. The summed E-state index contributed by atoms with van der Waals surface area (Å²) in [5.41, 5.74) is 0. The molecule has 0 unspecified atom stereocenters. The lowest BCUT2D eigenvalue weighted by Crippen LogP contribution is -2.49. The monoisotopic (exact) mass is 221 g/mol. The number of rotatable bonds is 3. The molecular formula is C12H19N3O. The van der Waals surface area contributed by atoms with Crippen LogP contribution in [0.5, 0.6) is 5.75 Å². The quantitative estimate of drug-likeness (QED) is 0.834. The molecule has 1 N–H and O–H groups in total. The molecule has 1 aromatic heterocycles. The van der Waals surface area contributed by atoms with E-state index < -0.39 is 0 Å². The predicted molar refractivity (Wildman–Crippen MR) is 65.1 cm³/mol. The Bertz CT molecular complexity index is 343. The molecule has 16 heavy (non-hydrogen) atoms. The molecule has 0 aliphatic carbocycles. The fourth-order valence-corrected chi connectivity index (χ4v) is 2.01. The summed E-state index contributed by atoms with van der Waals surface area (Å²) in [5.74, 6) is 1.86. The molecule has 0 spiro atoms. The van der Waals surface area contributed by atoms with Gasteiger partial charge in [-0.25, -0.2) is 4.98 Å². The third kappa shape index (κ3) is 2.44. The van der Waals surface area contributed by atoms with Crippen LogP contribution in [0.4, 0.5) is 5.82 Å². The zero-order valence-electron chi connectivity index (χ0n) is 9.94. The Balaban J connectivity index is 2.17. The van der Waals surface area contributed by atoms with E-state index in [0.29, 0.717) is 12.6 Å². The minimum absolute atomic E-state index is 0.505. The van der Waals surface area contributed by atoms with Gasteiger partial charge >= 0.3 is 0 Å². The number of aromatic nitrogens is 1. The average molecular weight is 221 g/mol. The second-order valence-corrected chi connectivity index (χ2v) is 4.06. The number of ether oxygens (including phenoxy) is 1. The van der Waals surface area contributed by atoms with Crippen LogP contribution in [0.2, 0.25) is 0 Å². The van der Waals surface area contributed by atoms with Gasteiger partial charge in [-0.1, -0.05) is 0 Å². The van der Waals surface area contributed by atoms with Gasteiger partial charge in [-0.2, -0.15) is 0 Å². The van der Waals surface area contributed by atoms with Crippen molar-refractivity contribution >= 4 is 5.82 Å². The minimum atomic E-state index is 0.505. The third-order valence-corrected chi connectivity index (χ3v) is 2.72. The molecular weight excluding hydrogens is 202 g/mol. The Kier molecular flexibility index (Phi) is 3.62. The normalized spacial score (nSPS) is 20.9. The third-order valence-electron chi connectivity index (χ3n) is 2.72. The molecule has 2 rings (SSSR count). The van der Waals surface area contributed by atoms with E-state index in [9.17, 15) is 0 Å². The highest BCUT2D eigenvalue weighted by Crippen LogP contribution is 2.25. The molecule has 0 amide bonds. The van der Waals surface area contributed by atoms with Gasteiger partial charge in [-0.15, -0.1) is 0 Å². The zero-order valence-corrected chi connectivity index (χ0v) is 9.94. The highest BCUT2D eigenvalue weighted by atomic mass is 16.5. The lowest BCUT2D eigenvalue weighted by atomic mass is 10.2. The molecule has 0 aromatic carbocycles. The highest BCUT2D eigenvalue weighted by Gasteiger charge is 2.19. The van der Waals surface area contributed by atoms with Crippen LogP contribution in [0.15, 0.2) is 18.3 Å². The first-order valence-electron chi connectivity index (χ1n) is 5.87. The zero-order chi connectivity index (χ0) is 11.4. The lowest BCUT2D eigenvalue weighted by molar-refractivity contribution is 0.337. The first-order valence-corrected chi connectivity index (χ1v) is 5.87. The Morgan fingerprint density at radius 1 is 1.62 bits per heavy atom. The topological polar surface area (TPSA) is 37.4 Å². The number of anilines is 1. The number of hydrogen-bond donors (Lipinski definition) is 1. The minimum Gasteiger partial charge on any atom is -0.490 e. The summed E-state index contributed by atoms with van der Waals surface area (Å²) >= 11 is 0. The summed E-state index contributed by atoms with van der Waals surface area (Å²) in [6, 6.07) is 4.41. The van der Waals surface area contributed by atoms with Crippen molar-refractivity contribution in [3.05, 3.63) is 18.3 Å². The summed E-state index contributed by atoms with van der Waals surface area (Å²) < 4.78 is 5.60. The predicted octanol–water partition coefficient (Wildman–Crippen LogP) is 1.28. The van der Waals surface area contributed by atoms with Crippen molar-refractivity contribution in [2.24, 2.45) is 0 Å². The molecule has 1 aromatic rings. The van der Waals surface area contributed by atoms with E-state index in [1.54, 1.807) is 0 Å². The van der Waals surface area contributed by atoms with Crippen LogP contribution < -0.4 is 15.0 Å². The SMILES string of the molecule is CCOc1cccnc1N1CCN[C@@H](C)C1. The van der Waals surface area contributed by atoms with Crippen LogP contribution in [0, 0.1) is 0 Å². The van der Waals surface area contributed by atoms with Crippen LogP contribution in [-0.4, -0.2) is 37.3 Å². The van der Waals surface area contributed by atoms with Crippen LogP contribution in [-0.2, 0) is 0 Å². The van der Waals surface area contributed by atoms with E-state index in [0.717, 1.165) is 31.2 Å². The molecule has 0 bridgehead atoms. The molecule has 1 aliphatic rings. The van der Waals surface area contributed by atoms with Gasteiger partial charge in [0.1, 0.15) is 0 Å². The number of nitrogens with one attached hydrogen (secondary N) is 1. The standard InChI is InChI=1S/C12H19N3O/c1-3-16-11-5-4-6-14-12(11)15-8-7-13-10(2)9-15/h4-6,10,13H,3,7-9H2,1-2H3/t10-/m0/s1. The van der Waals surface area contributed by atoms with Crippen molar-refractivity contribution in [1.82, 2.24) is 10.3 Å². The lowest BCUT2D eigenvalue weighted by Gasteiger charge is -2.33. The summed E-state index contributed by atoms with van der Waals surface area (Å²) in [4.78, 5) is 6.71. The van der Waals surface area contributed by atoms with Crippen molar-refractivity contribution in [2.75, 3.05) is 31.1 Å². The van der Waals surface area contributed by atoms with Crippen LogP contribution in [0.1, 0.15) is 13.8 Å². The highest BCUT2D eigenvalue weighted by molar-refractivity contribution is 5.52. The van der Waals surface area contributed by atoms with Crippen molar-refractivity contribution < 1.29 is 4.74 Å². The van der Waals surface area contributed by atoms with Gasteiger partial charge in [0.05, 0.1) is 6.61 Å². The maximum atomic E-state index is 5.60. The molecule has 0 radical (unpaired) electrons. The van der Waals surface area contributed by atoms with E-state index in [4.69, 9.17) is 4.74 Å². The van der Waals surface area contributed by atoms with Crippen molar-refractivity contribution in [1.29, 1.82) is 0 Å². The largest absolute Gasteiger partial charge is 0.490 e. The summed E-state index contributed by atoms with van der Waals surface area (Å²) in [6.07, 6.45) is 1.82. The van der Waals surface area contributed by atoms with Gasteiger partial charge in [-0.05, 0) is 26.0 Å². The Morgan fingerprint density at radius 2 is 2.50 bits per heavy atom. The average Bonchev–Trinajstić information content (AvgIpc) is 2.30. The van der Waals surface area contributed by atoms with Crippen LogP contribution >= 0.6 is 0 Å². The van der Waals surface area contributed by atoms with Gasteiger partial charge in [0.25, 0.3) is 0 Å². The van der Waals surface area contributed by atoms with Crippen molar-refractivity contribution in [3.63, 3.8) is 0 Å². The van der Waals surface area contributed by atoms with Gasteiger partial charge in [0.15, 0.2) is 11.6 Å². The second-order valence-electron chi connectivity index (χ2n) is 4.06. The van der Waals surface area contributed by atoms with Crippen LogP contribution in [0.25, 0.3) is 0 Å². The fraction of sp³-hybridized carbons (Fsp3) is 0.583. The Labute approximate surface area is 96.6 Å². The number of hydrogen-bond acceptors (Lipinski definition) is 4.